The highest BCUT2D eigenvalue weighted by molar-refractivity contribution is 7.92. The van der Waals surface area contributed by atoms with Crippen LogP contribution < -0.4 is 14.9 Å². The molecule has 3 aromatic rings. The number of nitro benzene ring substituents is 1. The molecule has 3 aromatic carbocycles. The first-order valence-corrected chi connectivity index (χ1v) is 13.6. The average molecular weight is 523 g/mol. The highest BCUT2D eigenvalue weighted by Crippen LogP contribution is 2.33. The third kappa shape index (κ3) is 6.45. The summed E-state index contributed by atoms with van der Waals surface area (Å²) in [5, 5.41) is 16.0. The van der Waals surface area contributed by atoms with Gasteiger partial charge in [0.25, 0.3) is 15.7 Å². The predicted octanol–water partition coefficient (Wildman–Crippen LogP) is 6.29. The molecule has 2 N–H and O–H groups in total. The molecule has 0 saturated heterocycles. The van der Waals surface area contributed by atoms with Crippen LogP contribution in [0.5, 0.6) is 5.75 Å². The Labute approximate surface area is 216 Å². The second-order valence-electron chi connectivity index (χ2n) is 9.04. The third-order valence-electron chi connectivity index (χ3n) is 6.57. The molecule has 9 nitrogen and oxygen atoms in total. The maximum Gasteiger partial charge on any atom is 0.295 e. The Morgan fingerprint density at radius 1 is 1.00 bits per heavy atom. The van der Waals surface area contributed by atoms with Crippen LogP contribution in [0.1, 0.15) is 56.1 Å². The van der Waals surface area contributed by atoms with Gasteiger partial charge in [0.05, 0.1) is 22.6 Å². The van der Waals surface area contributed by atoms with Crippen molar-refractivity contribution in [3.05, 3.63) is 88.0 Å². The predicted molar refractivity (Wildman–Crippen MR) is 145 cm³/mol. The SMILES string of the molecule is COc1ccc(NS(=O)(=O)c2ccc(N/N=C(/C)c3ccc(C4CCCCC4)cc3)c([N+](=O)[O-])c2)cc1. The molecule has 0 amide bonds. The Kier molecular flexibility index (Phi) is 8.08. The molecule has 37 heavy (non-hydrogen) atoms. The molecule has 1 aliphatic carbocycles. The number of nitrogens with one attached hydrogen (secondary N) is 2. The molecule has 0 aromatic heterocycles. The molecule has 1 fully saturated rings. The van der Waals surface area contributed by atoms with Crippen LogP contribution in [0.3, 0.4) is 0 Å². The van der Waals surface area contributed by atoms with Crippen LogP contribution in [0, 0.1) is 10.1 Å². The Morgan fingerprint density at radius 2 is 1.68 bits per heavy atom. The van der Waals surface area contributed by atoms with Gasteiger partial charge in [0, 0.05) is 11.8 Å². The maximum absolute atomic E-state index is 12.8. The molecule has 194 valence electrons. The summed E-state index contributed by atoms with van der Waals surface area (Å²) in [6, 6.07) is 18.2. The topological polar surface area (TPSA) is 123 Å². The van der Waals surface area contributed by atoms with Crippen LogP contribution in [0.2, 0.25) is 0 Å². The first-order chi connectivity index (χ1) is 17.8. The molecule has 1 aliphatic rings. The minimum Gasteiger partial charge on any atom is -0.497 e. The molecule has 0 aliphatic heterocycles. The van der Waals surface area contributed by atoms with Crippen molar-refractivity contribution in [1.29, 1.82) is 0 Å². The Morgan fingerprint density at radius 3 is 2.30 bits per heavy atom. The van der Waals surface area contributed by atoms with E-state index in [0.29, 0.717) is 23.1 Å². The van der Waals surface area contributed by atoms with Crippen LogP contribution in [0.25, 0.3) is 0 Å². The number of hydrazone groups is 1. The lowest BCUT2D eigenvalue weighted by atomic mass is 9.84. The van der Waals surface area contributed by atoms with E-state index >= 15 is 0 Å². The van der Waals surface area contributed by atoms with Crippen molar-refractivity contribution in [1.82, 2.24) is 0 Å². The van der Waals surface area contributed by atoms with E-state index in [0.717, 1.165) is 11.6 Å². The summed E-state index contributed by atoms with van der Waals surface area (Å²) in [6.07, 6.45) is 6.29. The molecule has 0 heterocycles. The molecule has 10 heteroatoms. The number of ether oxygens (including phenoxy) is 1. The number of rotatable bonds is 9. The fourth-order valence-corrected chi connectivity index (χ4v) is 5.52. The van der Waals surface area contributed by atoms with Gasteiger partial charge < -0.3 is 4.74 Å². The standard InChI is InChI=1S/C27H30N4O5S/c1-19(20-8-10-22(11-9-20)21-6-4-3-5-7-21)28-29-26-17-16-25(18-27(26)31(32)33)37(34,35)30-23-12-14-24(36-2)15-13-23/h8-18,21,29-30H,3-7H2,1-2H3/b28-19-. The molecule has 0 spiro atoms. The molecule has 0 atom stereocenters. The van der Waals surface area contributed by atoms with Crippen LogP contribution in [0.15, 0.2) is 76.7 Å². The summed E-state index contributed by atoms with van der Waals surface area (Å²) < 4.78 is 33.1. The van der Waals surface area contributed by atoms with Gasteiger partial charge in [-0.3, -0.25) is 20.3 Å². The molecular formula is C27H30N4O5S. The van der Waals surface area contributed by atoms with Crippen molar-refractivity contribution in [3.63, 3.8) is 0 Å². The lowest BCUT2D eigenvalue weighted by Crippen LogP contribution is -2.13. The van der Waals surface area contributed by atoms with Gasteiger partial charge >= 0.3 is 0 Å². The van der Waals surface area contributed by atoms with E-state index in [1.165, 1.54) is 56.9 Å². The number of nitrogens with zero attached hydrogens (tertiary/aromatic N) is 2. The van der Waals surface area contributed by atoms with Crippen LogP contribution in [0.4, 0.5) is 17.1 Å². The number of methoxy groups -OCH3 is 1. The van der Waals surface area contributed by atoms with E-state index in [9.17, 15) is 18.5 Å². The van der Waals surface area contributed by atoms with Gasteiger partial charge in [-0.1, -0.05) is 43.5 Å². The second kappa shape index (κ2) is 11.4. The summed E-state index contributed by atoms with van der Waals surface area (Å²) >= 11 is 0. The van der Waals surface area contributed by atoms with Crippen LogP contribution in [-0.4, -0.2) is 26.2 Å². The molecule has 1 saturated carbocycles. The minimum absolute atomic E-state index is 0.0894. The number of hydrogen-bond donors (Lipinski definition) is 2. The summed E-state index contributed by atoms with van der Waals surface area (Å²) in [6.45, 7) is 1.81. The minimum atomic E-state index is -4.05. The van der Waals surface area contributed by atoms with Crippen molar-refractivity contribution < 1.29 is 18.1 Å². The maximum atomic E-state index is 12.8. The lowest BCUT2D eigenvalue weighted by molar-refractivity contribution is -0.384. The monoisotopic (exact) mass is 522 g/mol. The van der Waals surface area contributed by atoms with E-state index in [1.54, 1.807) is 24.3 Å². The van der Waals surface area contributed by atoms with E-state index in [1.807, 2.05) is 19.1 Å². The zero-order chi connectivity index (χ0) is 26.4. The first-order valence-electron chi connectivity index (χ1n) is 12.1. The molecule has 0 unspecified atom stereocenters. The Balaban J connectivity index is 1.50. The highest BCUT2D eigenvalue weighted by Gasteiger charge is 2.22. The van der Waals surface area contributed by atoms with Crippen LogP contribution in [-0.2, 0) is 10.0 Å². The number of sulfonamides is 1. The summed E-state index contributed by atoms with van der Waals surface area (Å²) in [7, 11) is -2.55. The Bertz CT molecular complexity index is 1380. The first kappa shape index (κ1) is 26.2. The zero-order valence-electron chi connectivity index (χ0n) is 20.8. The quantitative estimate of drug-likeness (QED) is 0.193. The van der Waals surface area contributed by atoms with Crippen molar-refractivity contribution in [2.45, 2.75) is 49.8 Å². The summed E-state index contributed by atoms with van der Waals surface area (Å²) in [5.41, 5.74) is 5.61. The van der Waals surface area contributed by atoms with E-state index in [2.05, 4.69) is 27.4 Å². The summed E-state index contributed by atoms with van der Waals surface area (Å²) in [4.78, 5) is 10.8. The van der Waals surface area contributed by atoms with Gasteiger partial charge in [0.1, 0.15) is 11.4 Å². The fraction of sp³-hybridized carbons (Fsp3) is 0.296. The Hall–Kier alpha value is -3.92. The normalized spacial score (nSPS) is 14.7. The molecule has 0 bridgehead atoms. The second-order valence-corrected chi connectivity index (χ2v) is 10.7. The van der Waals surface area contributed by atoms with E-state index in [4.69, 9.17) is 4.74 Å². The van der Waals surface area contributed by atoms with E-state index in [-0.39, 0.29) is 10.6 Å². The van der Waals surface area contributed by atoms with Crippen molar-refractivity contribution in [3.8, 4) is 5.75 Å². The zero-order valence-corrected chi connectivity index (χ0v) is 21.6. The van der Waals surface area contributed by atoms with Gasteiger partial charge in [-0.05, 0) is 73.2 Å². The number of anilines is 2. The van der Waals surface area contributed by atoms with E-state index < -0.39 is 20.6 Å². The van der Waals surface area contributed by atoms with Crippen molar-refractivity contribution in [2.24, 2.45) is 5.10 Å². The average Bonchev–Trinajstić information content (AvgIpc) is 2.92. The van der Waals surface area contributed by atoms with Gasteiger partial charge in [0.15, 0.2) is 0 Å². The van der Waals surface area contributed by atoms with Crippen LogP contribution >= 0.6 is 0 Å². The smallest absolute Gasteiger partial charge is 0.295 e. The van der Waals surface area contributed by atoms with Crippen molar-refractivity contribution in [2.75, 3.05) is 17.3 Å². The van der Waals surface area contributed by atoms with Gasteiger partial charge in [0.2, 0.25) is 0 Å². The fourth-order valence-electron chi connectivity index (χ4n) is 4.44. The van der Waals surface area contributed by atoms with Crippen molar-refractivity contribution >= 4 is 32.8 Å². The van der Waals surface area contributed by atoms with Gasteiger partial charge in [-0.15, -0.1) is 0 Å². The molecular weight excluding hydrogens is 492 g/mol. The summed E-state index contributed by atoms with van der Waals surface area (Å²) in [5.74, 6) is 1.18. The largest absolute Gasteiger partial charge is 0.497 e. The van der Waals surface area contributed by atoms with Gasteiger partial charge in [-0.2, -0.15) is 5.10 Å². The van der Waals surface area contributed by atoms with Gasteiger partial charge in [-0.25, -0.2) is 8.42 Å². The molecule has 0 radical (unpaired) electrons. The third-order valence-corrected chi connectivity index (χ3v) is 7.95. The molecule has 4 rings (SSSR count). The lowest BCUT2D eigenvalue weighted by Gasteiger charge is -2.22. The highest BCUT2D eigenvalue weighted by atomic mass is 32.2. The number of benzene rings is 3. The number of hydrogen-bond acceptors (Lipinski definition) is 7. The number of nitro groups is 1.